The Morgan fingerprint density at radius 2 is 1.70 bits per heavy atom. The van der Waals surface area contributed by atoms with E-state index in [1.807, 2.05) is 36.9 Å². The fourth-order valence-corrected chi connectivity index (χ4v) is 3.55. The van der Waals surface area contributed by atoms with E-state index in [0.717, 1.165) is 19.6 Å². The molecule has 0 aliphatic carbocycles. The van der Waals surface area contributed by atoms with Gasteiger partial charge in [-0.3, -0.25) is 9.69 Å². The van der Waals surface area contributed by atoms with Crippen molar-refractivity contribution in [3.05, 3.63) is 66.0 Å². The quantitative estimate of drug-likeness (QED) is 0.765. The zero-order valence-electron chi connectivity index (χ0n) is 17.5. The molecule has 1 saturated heterocycles. The monoisotopic (exact) mass is 412 g/mol. The zero-order valence-corrected chi connectivity index (χ0v) is 17.5. The maximum Gasteiger partial charge on any atom is 0.319 e. The highest BCUT2D eigenvalue weighted by atomic mass is 19.1. The Labute approximate surface area is 177 Å². The molecule has 1 atom stereocenters. The van der Waals surface area contributed by atoms with Gasteiger partial charge in [-0.05, 0) is 29.7 Å². The lowest BCUT2D eigenvalue weighted by molar-refractivity contribution is -0.136. The maximum absolute atomic E-state index is 13.3. The second-order valence-corrected chi connectivity index (χ2v) is 7.92. The summed E-state index contributed by atoms with van der Waals surface area (Å²) in [5, 5.41) is 5.35. The van der Waals surface area contributed by atoms with Crippen molar-refractivity contribution in [3.8, 4) is 0 Å². The number of benzene rings is 2. The van der Waals surface area contributed by atoms with Gasteiger partial charge >= 0.3 is 6.03 Å². The number of hydrogen-bond donors (Lipinski definition) is 2. The molecule has 7 heteroatoms. The van der Waals surface area contributed by atoms with Gasteiger partial charge in [0.1, 0.15) is 11.9 Å². The van der Waals surface area contributed by atoms with Crippen LogP contribution >= 0.6 is 0 Å². The highest BCUT2D eigenvalue weighted by Crippen LogP contribution is 2.13. The Bertz CT molecular complexity index is 851. The SMILES string of the molecule is CC(C)C(NC(=O)Nc1cccc(F)c1)C(=O)N1CCN(Cc2ccccc2)CC1. The Morgan fingerprint density at radius 1 is 1.00 bits per heavy atom. The van der Waals surface area contributed by atoms with E-state index in [-0.39, 0.29) is 11.8 Å². The predicted molar refractivity (Wildman–Crippen MR) is 115 cm³/mol. The molecular weight excluding hydrogens is 383 g/mol. The molecule has 30 heavy (non-hydrogen) atoms. The minimum Gasteiger partial charge on any atom is -0.338 e. The summed E-state index contributed by atoms with van der Waals surface area (Å²) in [6.45, 7) is 7.50. The minimum absolute atomic E-state index is 0.0712. The summed E-state index contributed by atoms with van der Waals surface area (Å²) in [7, 11) is 0. The number of anilines is 1. The molecule has 2 aromatic rings. The average Bonchev–Trinajstić information content (AvgIpc) is 2.73. The number of hydrogen-bond acceptors (Lipinski definition) is 3. The first kappa shape index (κ1) is 21.8. The molecule has 1 aliphatic heterocycles. The molecule has 1 fully saturated rings. The molecule has 2 N–H and O–H groups in total. The second-order valence-electron chi connectivity index (χ2n) is 7.92. The molecule has 1 heterocycles. The molecular formula is C23H29FN4O2. The highest BCUT2D eigenvalue weighted by molar-refractivity contribution is 5.93. The summed E-state index contributed by atoms with van der Waals surface area (Å²) in [5.74, 6) is -0.588. The van der Waals surface area contributed by atoms with Gasteiger partial charge in [0.15, 0.2) is 0 Å². The first-order chi connectivity index (χ1) is 14.4. The van der Waals surface area contributed by atoms with Crippen molar-refractivity contribution in [3.63, 3.8) is 0 Å². The summed E-state index contributed by atoms with van der Waals surface area (Å²) in [6, 6.07) is 14.8. The average molecular weight is 413 g/mol. The van der Waals surface area contributed by atoms with Gasteiger partial charge in [-0.1, -0.05) is 50.2 Å². The molecule has 3 amide bonds. The molecule has 0 spiro atoms. The van der Waals surface area contributed by atoms with Crippen LogP contribution in [0.25, 0.3) is 0 Å². The summed E-state index contributed by atoms with van der Waals surface area (Å²) in [4.78, 5) is 29.6. The van der Waals surface area contributed by atoms with Crippen LogP contribution in [0.1, 0.15) is 19.4 Å². The Balaban J connectivity index is 1.53. The summed E-state index contributed by atoms with van der Waals surface area (Å²) in [6.07, 6.45) is 0. The van der Waals surface area contributed by atoms with Crippen molar-refractivity contribution in [2.45, 2.75) is 26.4 Å². The number of piperazine rings is 1. The van der Waals surface area contributed by atoms with Gasteiger partial charge in [-0.2, -0.15) is 0 Å². The summed E-state index contributed by atoms with van der Waals surface area (Å²) in [5.41, 5.74) is 1.60. The first-order valence-corrected chi connectivity index (χ1v) is 10.3. The van der Waals surface area contributed by atoms with E-state index in [2.05, 4.69) is 27.7 Å². The number of amides is 3. The normalized spacial score (nSPS) is 15.7. The van der Waals surface area contributed by atoms with E-state index in [9.17, 15) is 14.0 Å². The van der Waals surface area contributed by atoms with E-state index >= 15 is 0 Å². The first-order valence-electron chi connectivity index (χ1n) is 10.3. The summed E-state index contributed by atoms with van der Waals surface area (Å²) >= 11 is 0. The van der Waals surface area contributed by atoms with Crippen molar-refractivity contribution in [2.24, 2.45) is 5.92 Å². The lowest BCUT2D eigenvalue weighted by atomic mass is 10.0. The van der Waals surface area contributed by atoms with Crippen LogP contribution in [-0.2, 0) is 11.3 Å². The van der Waals surface area contributed by atoms with E-state index < -0.39 is 17.9 Å². The van der Waals surface area contributed by atoms with E-state index in [1.165, 1.54) is 23.8 Å². The van der Waals surface area contributed by atoms with Crippen LogP contribution in [0.5, 0.6) is 0 Å². The van der Waals surface area contributed by atoms with Crippen molar-refractivity contribution in [1.29, 1.82) is 0 Å². The van der Waals surface area contributed by atoms with Crippen LogP contribution in [0, 0.1) is 11.7 Å². The van der Waals surface area contributed by atoms with Crippen molar-refractivity contribution < 1.29 is 14.0 Å². The van der Waals surface area contributed by atoms with Gasteiger partial charge in [-0.25, -0.2) is 9.18 Å². The Hall–Kier alpha value is -2.93. The molecule has 160 valence electrons. The van der Waals surface area contributed by atoms with E-state index in [1.54, 1.807) is 6.07 Å². The standard InChI is InChI=1S/C23H29FN4O2/c1-17(2)21(26-23(30)25-20-10-6-9-19(24)15-20)22(29)28-13-11-27(12-14-28)16-18-7-4-3-5-8-18/h3-10,15,17,21H,11-14,16H2,1-2H3,(H2,25,26,30). The van der Waals surface area contributed by atoms with Crippen LogP contribution < -0.4 is 10.6 Å². The van der Waals surface area contributed by atoms with Crippen LogP contribution in [0.2, 0.25) is 0 Å². The second kappa shape index (κ2) is 10.2. The molecule has 3 rings (SSSR count). The Kier molecular flexibility index (Phi) is 7.41. The molecule has 0 bridgehead atoms. The highest BCUT2D eigenvalue weighted by Gasteiger charge is 2.30. The van der Waals surface area contributed by atoms with Crippen molar-refractivity contribution in [1.82, 2.24) is 15.1 Å². The third-order valence-corrected chi connectivity index (χ3v) is 5.23. The lowest BCUT2D eigenvalue weighted by Gasteiger charge is -2.37. The Morgan fingerprint density at radius 3 is 2.33 bits per heavy atom. The van der Waals surface area contributed by atoms with Gasteiger partial charge in [-0.15, -0.1) is 0 Å². The number of carbonyl (C=O) groups excluding carboxylic acids is 2. The van der Waals surface area contributed by atoms with Crippen LogP contribution in [0.3, 0.4) is 0 Å². The fraction of sp³-hybridized carbons (Fsp3) is 0.391. The van der Waals surface area contributed by atoms with Gasteiger partial charge < -0.3 is 15.5 Å². The predicted octanol–water partition coefficient (Wildman–Crippen LogP) is 3.32. The van der Waals surface area contributed by atoms with Crippen molar-refractivity contribution >= 4 is 17.6 Å². The van der Waals surface area contributed by atoms with Crippen LogP contribution in [-0.4, -0.2) is 54.0 Å². The third-order valence-electron chi connectivity index (χ3n) is 5.23. The van der Waals surface area contributed by atoms with Crippen LogP contribution in [0.4, 0.5) is 14.9 Å². The molecule has 0 aromatic heterocycles. The fourth-order valence-electron chi connectivity index (χ4n) is 3.55. The smallest absolute Gasteiger partial charge is 0.319 e. The maximum atomic E-state index is 13.3. The van der Waals surface area contributed by atoms with Crippen LogP contribution in [0.15, 0.2) is 54.6 Å². The van der Waals surface area contributed by atoms with Gasteiger partial charge in [0.05, 0.1) is 0 Å². The molecule has 0 saturated carbocycles. The van der Waals surface area contributed by atoms with E-state index in [0.29, 0.717) is 18.8 Å². The number of rotatable bonds is 6. The largest absolute Gasteiger partial charge is 0.338 e. The number of halogens is 1. The molecule has 1 aliphatic rings. The van der Waals surface area contributed by atoms with Gasteiger partial charge in [0, 0.05) is 38.4 Å². The molecule has 0 radical (unpaired) electrons. The van der Waals surface area contributed by atoms with Gasteiger partial charge in [0.2, 0.25) is 5.91 Å². The number of carbonyl (C=O) groups is 2. The van der Waals surface area contributed by atoms with E-state index in [4.69, 9.17) is 0 Å². The number of urea groups is 1. The topological polar surface area (TPSA) is 64.7 Å². The van der Waals surface area contributed by atoms with Gasteiger partial charge in [0.25, 0.3) is 0 Å². The molecule has 1 unspecified atom stereocenters. The molecule has 2 aromatic carbocycles. The number of nitrogens with one attached hydrogen (secondary N) is 2. The lowest BCUT2D eigenvalue weighted by Crippen LogP contribution is -2.56. The third kappa shape index (κ3) is 6.03. The van der Waals surface area contributed by atoms with Crippen molar-refractivity contribution in [2.75, 3.05) is 31.5 Å². The zero-order chi connectivity index (χ0) is 21.5. The number of nitrogens with zero attached hydrogens (tertiary/aromatic N) is 2. The summed E-state index contributed by atoms with van der Waals surface area (Å²) < 4.78 is 13.3. The minimum atomic E-state index is -0.640. The molecule has 6 nitrogen and oxygen atoms in total.